The van der Waals surface area contributed by atoms with Gasteiger partial charge < -0.3 is 5.32 Å². The minimum Gasteiger partial charge on any atom is -0.382 e. The van der Waals surface area contributed by atoms with Crippen molar-refractivity contribution in [2.45, 2.75) is 45.6 Å². The second-order valence-corrected chi connectivity index (χ2v) is 4.30. The second-order valence-electron chi connectivity index (χ2n) is 4.30. The van der Waals surface area contributed by atoms with E-state index in [0.29, 0.717) is 6.04 Å². The molecule has 1 aromatic rings. The number of anilines is 1. The lowest BCUT2D eigenvalue weighted by Crippen LogP contribution is -2.09. The molecular formula is C13H19N. The standard InChI is InChI=1S/C13H19N/c1-3-4-6-11-7-5-8-12-9-10(2)14-13(11)12/h5,7-8,10,14H,3-4,6,9H2,1-2H3. The average Bonchev–Trinajstić information content (AvgIpc) is 2.55. The summed E-state index contributed by atoms with van der Waals surface area (Å²) in [6, 6.07) is 7.33. The summed E-state index contributed by atoms with van der Waals surface area (Å²) in [6.45, 7) is 4.50. The van der Waals surface area contributed by atoms with Crippen molar-refractivity contribution in [3.63, 3.8) is 0 Å². The van der Waals surface area contributed by atoms with Gasteiger partial charge in [0.2, 0.25) is 0 Å². The van der Waals surface area contributed by atoms with Gasteiger partial charge in [0.1, 0.15) is 0 Å². The van der Waals surface area contributed by atoms with Gasteiger partial charge >= 0.3 is 0 Å². The van der Waals surface area contributed by atoms with E-state index in [4.69, 9.17) is 0 Å². The molecule has 0 radical (unpaired) electrons. The van der Waals surface area contributed by atoms with Crippen LogP contribution in [0.5, 0.6) is 0 Å². The Kier molecular flexibility index (Phi) is 2.76. The van der Waals surface area contributed by atoms with Crippen LogP contribution in [0.2, 0.25) is 0 Å². The SMILES string of the molecule is CCCCc1cccc2c1NC(C)C2. The van der Waals surface area contributed by atoms with Crippen LogP contribution in [0.3, 0.4) is 0 Å². The Bertz CT molecular complexity index is 317. The van der Waals surface area contributed by atoms with Gasteiger partial charge in [-0.25, -0.2) is 0 Å². The van der Waals surface area contributed by atoms with E-state index in [1.165, 1.54) is 42.5 Å². The van der Waals surface area contributed by atoms with E-state index in [2.05, 4.69) is 37.4 Å². The quantitative estimate of drug-likeness (QED) is 0.768. The first-order valence-electron chi connectivity index (χ1n) is 5.68. The summed E-state index contributed by atoms with van der Waals surface area (Å²) in [6.07, 6.45) is 4.99. The van der Waals surface area contributed by atoms with Gasteiger partial charge in [0, 0.05) is 11.7 Å². The zero-order valence-electron chi connectivity index (χ0n) is 9.14. The third kappa shape index (κ3) is 1.77. The number of rotatable bonds is 3. The van der Waals surface area contributed by atoms with E-state index in [1.54, 1.807) is 0 Å². The highest BCUT2D eigenvalue weighted by atomic mass is 14.9. The van der Waals surface area contributed by atoms with Gasteiger partial charge in [0.25, 0.3) is 0 Å². The monoisotopic (exact) mass is 189 g/mol. The Morgan fingerprint density at radius 3 is 3.07 bits per heavy atom. The van der Waals surface area contributed by atoms with Crippen molar-refractivity contribution < 1.29 is 0 Å². The molecule has 1 N–H and O–H groups in total. The van der Waals surface area contributed by atoms with E-state index in [9.17, 15) is 0 Å². The molecular weight excluding hydrogens is 170 g/mol. The highest BCUT2D eigenvalue weighted by Crippen LogP contribution is 2.30. The third-order valence-corrected chi connectivity index (χ3v) is 2.95. The summed E-state index contributed by atoms with van der Waals surface area (Å²) in [5.41, 5.74) is 4.44. The zero-order valence-corrected chi connectivity index (χ0v) is 9.14. The molecule has 1 aromatic carbocycles. The molecule has 2 rings (SSSR count). The van der Waals surface area contributed by atoms with Crippen LogP contribution in [0.4, 0.5) is 5.69 Å². The zero-order chi connectivity index (χ0) is 9.97. The fourth-order valence-electron chi connectivity index (χ4n) is 2.21. The summed E-state index contributed by atoms with van der Waals surface area (Å²) < 4.78 is 0. The molecule has 14 heavy (non-hydrogen) atoms. The number of hydrogen-bond donors (Lipinski definition) is 1. The number of unbranched alkanes of at least 4 members (excludes halogenated alkanes) is 1. The van der Waals surface area contributed by atoms with Crippen LogP contribution in [0.25, 0.3) is 0 Å². The molecule has 0 aromatic heterocycles. The van der Waals surface area contributed by atoms with Crippen LogP contribution in [0, 0.1) is 0 Å². The molecule has 0 spiro atoms. The van der Waals surface area contributed by atoms with Crippen LogP contribution in [-0.2, 0) is 12.8 Å². The maximum Gasteiger partial charge on any atom is 0.0408 e. The van der Waals surface area contributed by atoms with E-state index in [1.807, 2.05) is 0 Å². The lowest BCUT2D eigenvalue weighted by Gasteiger charge is -2.09. The summed E-state index contributed by atoms with van der Waals surface area (Å²) in [5.74, 6) is 0. The normalized spacial score (nSPS) is 19.1. The van der Waals surface area contributed by atoms with Gasteiger partial charge in [-0.15, -0.1) is 0 Å². The second kappa shape index (κ2) is 4.04. The predicted molar refractivity (Wildman–Crippen MR) is 61.8 cm³/mol. The molecule has 0 aliphatic carbocycles. The maximum atomic E-state index is 3.57. The Hall–Kier alpha value is -0.980. The first-order valence-corrected chi connectivity index (χ1v) is 5.68. The van der Waals surface area contributed by atoms with E-state index < -0.39 is 0 Å². The van der Waals surface area contributed by atoms with Gasteiger partial charge in [-0.2, -0.15) is 0 Å². The highest BCUT2D eigenvalue weighted by molar-refractivity contribution is 5.62. The van der Waals surface area contributed by atoms with Crippen LogP contribution >= 0.6 is 0 Å². The molecule has 0 saturated carbocycles. The molecule has 0 fully saturated rings. The van der Waals surface area contributed by atoms with Gasteiger partial charge in [0.15, 0.2) is 0 Å². The van der Waals surface area contributed by atoms with Gasteiger partial charge in [-0.3, -0.25) is 0 Å². The Morgan fingerprint density at radius 1 is 1.43 bits per heavy atom. The van der Waals surface area contributed by atoms with E-state index in [0.717, 1.165) is 0 Å². The summed E-state index contributed by atoms with van der Waals surface area (Å²) in [7, 11) is 0. The summed E-state index contributed by atoms with van der Waals surface area (Å²) >= 11 is 0. The fourth-order valence-corrected chi connectivity index (χ4v) is 2.21. The number of fused-ring (bicyclic) bond motifs is 1. The molecule has 1 nitrogen and oxygen atoms in total. The third-order valence-electron chi connectivity index (χ3n) is 2.95. The molecule has 0 saturated heterocycles. The van der Waals surface area contributed by atoms with Gasteiger partial charge in [0.05, 0.1) is 0 Å². The average molecular weight is 189 g/mol. The Labute approximate surface area is 86.5 Å². The Balaban J connectivity index is 2.21. The van der Waals surface area contributed by atoms with Crippen molar-refractivity contribution in [3.8, 4) is 0 Å². The molecule has 1 heteroatoms. The van der Waals surface area contributed by atoms with Crippen molar-refractivity contribution in [2.24, 2.45) is 0 Å². The molecule has 1 heterocycles. The van der Waals surface area contributed by atoms with E-state index in [-0.39, 0.29) is 0 Å². The molecule has 0 bridgehead atoms. The summed E-state index contributed by atoms with van der Waals surface area (Å²) in [5, 5.41) is 3.57. The highest BCUT2D eigenvalue weighted by Gasteiger charge is 2.18. The predicted octanol–water partition coefficient (Wildman–Crippen LogP) is 3.39. The van der Waals surface area contributed by atoms with Crippen molar-refractivity contribution in [3.05, 3.63) is 29.3 Å². The summed E-state index contributed by atoms with van der Waals surface area (Å²) in [4.78, 5) is 0. The van der Waals surface area contributed by atoms with Crippen molar-refractivity contribution in [1.82, 2.24) is 0 Å². The first-order chi connectivity index (χ1) is 6.81. The van der Waals surface area contributed by atoms with Gasteiger partial charge in [-0.1, -0.05) is 31.5 Å². The Morgan fingerprint density at radius 2 is 2.29 bits per heavy atom. The molecule has 1 aliphatic rings. The van der Waals surface area contributed by atoms with Crippen molar-refractivity contribution in [2.75, 3.05) is 5.32 Å². The molecule has 1 unspecified atom stereocenters. The molecule has 0 amide bonds. The van der Waals surface area contributed by atoms with Crippen molar-refractivity contribution in [1.29, 1.82) is 0 Å². The molecule has 1 aliphatic heterocycles. The minimum absolute atomic E-state index is 0.618. The maximum absolute atomic E-state index is 3.57. The largest absolute Gasteiger partial charge is 0.382 e. The lowest BCUT2D eigenvalue weighted by atomic mass is 10.0. The van der Waals surface area contributed by atoms with Crippen molar-refractivity contribution >= 4 is 5.69 Å². The minimum atomic E-state index is 0.618. The van der Waals surface area contributed by atoms with Crippen LogP contribution in [0.1, 0.15) is 37.8 Å². The topological polar surface area (TPSA) is 12.0 Å². The van der Waals surface area contributed by atoms with Crippen LogP contribution in [0.15, 0.2) is 18.2 Å². The van der Waals surface area contributed by atoms with Crippen LogP contribution < -0.4 is 5.32 Å². The van der Waals surface area contributed by atoms with Gasteiger partial charge in [-0.05, 0) is 37.3 Å². The number of benzene rings is 1. The molecule has 76 valence electrons. The number of para-hydroxylation sites is 1. The molecule has 1 atom stereocenters. The fraction of sp³-hybridized carbons (Fsp3) is 0.538. The number of aryl methyl sites for hydroxylation is 1. The smallest absolute Gasteiger partial charge is 0.0408 e. The number of nitrogens with one attached hydrogen (secondary N) is 1. The first kappa shape index (κ1) is 9.57. The van der Waals surface area contributed by atoms with E-state index >= 15 is 0 Å². The lowest BCUT2D eigenvalue weighted by molar-refractivity contribution is 0.795. The number of hydrogen-bond acceptors (Lipinski definition) is 1. The van der Waals surface area contributed by atoms with Crippen LogP contribution in [-0.4, -0.2) is 6.04 Å².